The summed E-state index contributed by atoms with van der Waals surface area (Å²) in [6.07, 6.45) is -4.33. The zero-order chi connectivity index (χ0) is 29.4. The fourth-order valence-electron chi connectivity index (χ4n) is 5.25. The van der Waals surface area contributed by atoms with Gasteiger partial charge in [-0.25, -0.2) is 4.39 Å². The molecule has 2 aliphatic rings. The van der Waals surface area contributed by atoms with Crippen LogP contribution in [0.4, 0.5) is 28.9 Å². The number of phenolic OH excluding ortho intramolecular Hbond substituents is 1. The first-order chi connectivity index (χ1) is 19.4. The van der Waals surface area contributed by atoms with E-state index in [0.29, 0.717) is 43.0 Å². The number of halogens is 5. The average Bonchev–Trinajstić information content (AvgIpc) is 3.28. The van der Waals surface area contributed by atoms with Crippen LogP contribution in [0.3, 0.4) is 0 Å². The number of hydrogen-bond acceptors (Lipinski definition) is 6. The zero-order valence-corrected chi connectivity index (χ0v) is 22.5. The molecule has 0 aromatic heterocycles. The van der Waals surface area contributed by atoms with Crippen LogP contribution in [0, 0.1) is 5.82 Å². The van der Waals surface area contributed by atoms with Crippen LogP contribution in [0.25, 0.3) is 0 Å². The smallest absolute Gasteiger partial charge is 0.472 e. The highest BCUT2D eigenvalue weighted by molar-refractivity contribution is 6.32. The normalized spacial score (nSPS) is 17.1. The van der Waals surface area contributed by atoms with Gasteiger partial charge < -0.3 is 24.6 Å². The van der Waals surface area contributed by atoms with E-state index in [1.54, 1.807) is 12.1 Å². The molecule has 1 spiro atoms. The van der Waals surface area contributed by atoms with Gasteiger partial charge in [-0.3, -0.25) is 9.69 Å². The molecule has 2 N–H and O–H groups in total. The van der Waals surface area contributed by atoms with Crippen LogP contribution in [0.2, 0.25) is 5.02 Å². The maximum absolute atomic E-state index is 13.6. The van der Waals surface area contributed by atoms with Gasteiger partial charge in [0.05, 0.1) is 10.7 Å². The number of aliphatic hydroxyl groups excluding tert-OH is 1. The standard InChI is InChI=1S/C29H27ClF4N2O5/c30-22-13-23(36(27(39)29(32,33)34)20-4-2-1-3-5-20)26(14-24(22)38)40-17-21(37)16-35-10-8-28(9-11-35)15-18-12-19(31)6-7-25(18)41-28/h1-7,12-14,21,37-38H,8-11,15-17H2/t21-/m1/s1. The van der Waals surface area contributed by atoms with E-state index in [1.165, 1.54) is 36.4 Å². The largest absolute Gasteiger partial charge is 0.506 e. The number of piperidine rings is 1. The number of para-hydroxylation sites is 1. The SMILES string of the molecule is O=C(N(c1ccccc1)c1cc(Cl)c(O)cc1OC[C@H](O)CN1CCC2(CC1)Cc1cc(F)ccc1O2)C(F)(F)F. The topological polar surface area (TPSA) is 82.5 Å². The van der Waals surface area contributed by atoms with E-state index in [0.717, 1.165) is 17.7 Å². The summed E-state index contributed by atoms with van der Waals surface area (Å²) >= 11 is 6.01. The minimum Gasteiger partial charge on any atom is -0.506 e. The molecule has 3 aromatic carbocycles. The zero-order valence-electron chi connectivity index (χ0n) is 21.7. The number of aromatic hydroxyl groups is 1. The number of anilines is 2. The van der Waals surface area contributed by atoms with Gasteiger partial charge in [-0.2, -0.15) is 13.2 Å². The van der Waals surface area contributed by atoms with Crippen molar-refractivity contribution in [1.29, 1.82) is 0 Å². The Kier molecular flexibility index (Phi) is 8.04. The van der Waals surface area contributed by atoms with Crippen LogP contribution < -0.4 is 14.4 Å². The predicted molar refractivity (Wildman–Crippen MR) is 143 cm³/mol. The number of carbonyl (C=O) groups is 1. The fraction of sp³-hybridized carbons (Fsp3) is 0.345. The van der Waals surface area contributed by atoms with E-state index < -0.39 is 29.5 Å². The molecule has 0 aliphatic carbocycles. The quantitative estimate of drug-likeness (QED) is 0.346. The third-order valence-corrected chi connectivity index (χ3v) is 7.56. The summed E-state index contributed by atoms with van der Waals surface area (Å²) < 4.78 is 66.2. The molecule has 2 aliphatic heterocycles. The number of phenols is 1. The second kappa shape index (κ2) is 11.4. The van der Waals surface area contributed by atoms with Crippen molar-refractivity contribution in [3.8, 4) is 17.2 Å². The molecule has 5 rings (SSSR count). The lowest BCUT2D eigenvalue weighted by molar-refractivity contribution is -0.169. The van der Waals surface area contributed by atoms with E-state index in [4.69, 9.17) is 21.1 Å². The number of rotatable bonds is 7. The molecule has 3 aromatic rings. The highest BCUT2D eigenvalue weighted by Crippen LogP contribution is 2.43. The Morgan fingerprint density at radius 2 is 1.83 bits per heavy atom. The summed E-state index contributed by atoms with van der Waals surface area (Å²) in [4.78, 5) is 14.9. The van der Waals surface area contributed by atoms with Gasteiger partial charge in [-0.1, -0.05) is 29.8 Å². The summed E-state index contributed by atoms with van der Waals surface area (Å²) in [6.45, 7) is 1.07. The Morgan fingerprint density at radius 1 is 1.12 bits per heavy atom. The lowest BCUT2D eigenvalue weighted by atomic mass is 9.87. The molecule has 1 amide bonds. The van der Waals surface area contributed by atoms with Crippen molar-refractivity contribution in [3.63, 3.8) is 0 Å². The summed E-state index contributed by atoms with van der Waals surface area (Å²) in [6, 6.07) is 13.6. The number of carbonyl (C=O) groups excluding carboxylic acids is 1. The van der Waals surface area contributed by atoms with E-state index in [1.807, 2.05) is 4.90 Å². The Balaban J connectivity index is 1.26. The first-order valence-electron chi connectivity index (χ1n) is 12.9. The number of alkyl halides is 3. The van der Waals surface area contributed by atoms with E-state index in [9.17, 15) is 32.6 Å². The first-order valence-corrected chi connectivity index (χ1v) is 13.3. The van der Waals surface area contributed by atoms with Crippen LogP contribution in [-0.4, -0.2) is 65.1 Å². The monoisotopic (exact) mass is 594 g/mol. The molecule has 0 unspecified atom stereocenters. The van der Waals surface area contributed by atoms with Crippen molar-refractivity contribution in [1.82, 2.24) is 4.90 Å². The lowest BCUT2D eigenvalue weighted by Gasteiger charge is -2.39. The predicted octanol–water partition coefficient (Wildman–Crippen LogP) is 5.62. The fourth-order valence-corrected chi connectivity index (χ4v) is 5.41. The molecule has 0 radical (unpaired) electrons. The van der Waals surface area contributed by atoms with Crippen LogP contribution in [0.5, 0.6) is 17.2 Å². The number of ether oxygens (including phenoxy) is 2. The Bertz CT molecular complexity index is 1410. The Labute approximate surface area is 238 Å². The first kappa shape index (κ1) is 29.0. The van der Waals surface area contributed by atoms with Crippen molar-refractivity contribution in [2.24, 2.45) is 0 Å². The number of nitrogens with zero attached hydrogens (tertiary/aromatic N) is 2. The van der Waals surface area contributed by atoms with Crippen LogP contribution >= 0.6 is 11.6 Å². The third-order valence-electron chi connectivity index (χ3n) is 7.26. The summed E-state index contributed by atoms with van der Waals surface area (Å²) in [5, 5.41) is 20.6. The highest BCUT2D eigenvalue weighted by Gasteiger charge is 2.45. The molecule has 1 fully saturated rings. The minimum atomic E-state index is -5.22. The molecular weight excluding hydrogens is 568 g/mol. The number of benzene rings is 3. The van der Waals surface area contributed by atoms with Crippen molar-refractivity contribution in [3.05, 3.63) is 77.1 Å². The van der Waals surface area contributed by atoms with Gasteiger partial charge in [0, 0.05) is 56.2 Å². The summed E-state index contributed by atoms with van der Waals surface area (Å²) in [5.74, 6) is -2.54. The number of hydrogen-bond donors (Lipinski definition) is 2. The van der Waals surface area contributed by atoms with Crippen molar-refractivity contribution in [2.45, 2.75) is 37.1 Å². The van der Waals surface area contributed by atoms with Gasteiger partial charge in [-0.05, 0) is 36.4 Å². The van der Waals surface area contributed by atoms with E-state index >= 15 is 0 Å². The Morgan fingerprint density at radius 3 is 2.51 bits per heavy atom. The van der Waals surface area contributed by atoms with Gasteiger partial charge in [-0.15, -0.1) is 0 Å². The molecule has 1 atom stereocenters. The third kappa shape index (κ3) is 6.37. The van der Waals surface area contributed by atoms with E-state index in [-0.39, 0.29) is 41.1 Å². The minimum absolute atomic E-state index is 0.0942. The Hall–Kier alpha value is -3.54. The molecule has 2 heterocycles. The van der Waals surface area contributed by atoms with Gasteiger partial charge in [0.1, 0.15) is 41.4 Å². The summed E-state index contributed by atoms with van der Waals surface area (Å²) in [5.41, 5.74) is -0.0241. The average molecular weight is 595 g/mol. The second-order valence-corrected chi connectivity index (χ2v) is 10.6. The molecule has 218 valence electrons. The molecule has 7 nitrogen and oxygen atoms in total. The van der Waals surface area contributed by atoms with Crippen molar-refractivity contribution in [2.75, 3.05) is 31.1 Å². The van der Waals surface area contributed by atoms with Crippen LogP contribution in [0.15, 0.2) is 60.7 Å². The maximum Gasteiger partial charge on any atom is 0.472 e. The number of β-amino-alcohol motifs (C(OH)–C–C–N with tert-alkyl or cyclic N) is 1. The number of amides is 1. The molecule has 12 heteroatoms. The van der Waals surface area contributed by atoms with Crippen molar-refractivity contribution >= 4 is 28.9 Å². The van der Waals surface area contributed by atoms with Gasteiger partial charge in [0.2, 0.25) is 0 Å². The molecular formula is C29H27ClF4N2O5. The number of fused-ring (bicyclic) bond motifs is 1. The van der Waals surface area contributed by atoms with Gasteiger partial charge in [0.15, 0.2) is 0 Å². The summed E-state index contributed by atoms with van der Waals surface area (Å²) in [7, 11) is 0. The second-order valence-electron chi connectivity index (χ2n) is 10.2. The van der Waals surface area contributed by atoms with Gasteiger partial charge in [0.25, 0.3) is 0 Å². The maximum atomic E-state index is 13.6. The number of likely N-dealkylation sites (tertiary alicyclic amines) is 1. The highest BCUT2D eigenvalue weighted by atomic mass is 35.5. The van der Waals surface area contributed by atoms with Crippen molar-refractivity contribution < 1.29 is 42.0 Å². The molecule has 0 saturated carbocycles. The molecule has 41 heavy (non-hydrogen) atoms. The van der Waals surface area contributed by atoms with Crippen LogP contribution in [-0.2, 0) is 11.2 Å². The molecule has 1 saturated heterocycles. The van der Waals surface area contributed by atoms with Crippen LogP contribution in [0.1, 0.15) is 18.4 Å². The molecule has 0 bridgehead atoms. The van der Waals surface area contributed by atoms with Gasteiger partial charge >= 0.3 is 12.1 Å². The van der Waals surface area contributed by atoms with E-state index in [2.05, 4.69) is 0 Å². The number of aliphatic hydroxyl groups is 1. The lowest BCUT2D eigenvalue weighted by Crippen LogP contribution is -2.49.